The number of aromatic nitrogens is 1. The Morgan fingerprint density at radius 1 is 0.971 bits per heavy atom. The normalized spacial score (nSPS) is 18.4. The number of hydrogen-bond acceptors (Lipinski definition) is 5. The maximum Gasteiger partial charge on any atom is 0.254 e. The van der Waals surface area contributed by atoms with Gasteiger partial charge in [-0.2, -0.15) is 0 Å². The molecule has 2 atom stereocenters. The highest BCUT2D eigenvalue weighted by Gasteiger charge is 2.41. The van der Waals surface area contributed by atoms with Gasteiger partial charge in [-0.25, -0.2) is 4.98 Å². The van der Waals surface area contributed by atoms with Crippen molar-refractivity contribution >= 4 is 11.8 Å². The van der Waals surface area contributed by atoms with E-state index in [0.717, 1.165) is 29.9 Å². The van der Waals surface area contributed by atoms with Crippen LogP contribution < -0.4 is 15.2 Å². The number of amides is 2. The summed E-state index contributed by atoms with van der Waals surface area (Å²) in [5.74, 6) is 1.39. The fourth-order valence-electron chi connectivity index (χ4n) is 4.45. The molecule has 1 aliphatic heterocycles. The number of carbonyl (C=O) groups is 2. The van der Waals surface area contributed by atoms with Crippen LogP contribution >= 0.6 is 0 Å². The lowest BCUT2D eigenvalue weighted by atomic mass is 9.96. The van der Waals surface area contributed by atoms with E-state index in [9.17, 15) is 9.59 Å². The predicted octanol–water partition coefficient (Wildman–Crippen LogP) is 4.92. The van der Waals surface area contributed by atoms with Gasteiger partial charge in [-0.3, -0.25) is 9.59 Å². The van der Waals surface area contributed by atoms with Gasteiger partial charge in [-0.15, -0.1) is 0 Å². The molecule has 2 aromatic carbocycles. The van der Waals surface area contributed by atoms with E-state index < -0.39 is 5.91 Å². The van der Waals surface area contributed by atoms with Gasteiger partial charge in [0.15, 0.2) is 0 Å². The first-order chi connectivity index (χ1) is 16.5. The van der Waals surface area contributed by atoms with Crippen LogP contribution in [0.15, 0.2) is 91.2 Å². The van der Waals surface area contributed by atoms with E-state index in [2.05, 4.69) is 11.6 Å². The quantitative estimate of drug-likeness (QED) is 0.512. The fraction of sp³-hybridized carbons (Fsp3) is 0.148. The van der Waals surface area contributed by atoms with E-state index in [1.807, 2.05) is 36.5 Å². The molecule has 1 saturated carbocycles. The van der Waals surface area contributed by atoms with Crippen molar-refractivity contribution in [3.05, 3.63) is 102 Å². The summed E-state index contributed by atoms with van der Waals surface area (Å²) in [6.45, 7) is 3.57. The van der Waals surface area contributed by atoms with Gasteiger partial charge in [-0.05, 0) is 73.0 Å². The SMILES string of the molecule is C=CC(=O)N1C=C2CC1CC2c1ccc(C(N)=O)c(Oc2ccc(Oc3ccccc3)cc2)n1. The van der Waals surface area contributed by atoms with Gasteiger partial charge in [0, 0.05) is 18.2 Å². The number of nitrogens with zero attached hydrogens (tertiary/aromatic N) is 2. The minimum absolute atomic E-state index is 0.0600. The Bertz CT molecular complexity index is 1280. The summed E-state index contributed by atoms with van der Waals surface area (Å²) in [6.07, 6.45) is 4.79. The van der Waals surface area contributed by atoms with Gasteiger partial charge in [0.05, 0.1) is 5.69 Å². The van der Waals surface area contributed by atoms with Crippen molar-refractivity contribution in [1.82, 2.24) is 9.88 Å². The highest BCUT2D eigenvalue weighted by molar-refractivity contribution is 5.95. The topological polar surface area (TPSA) is 94.8 Å². The molecule has 34 heavy (non-hydrogen) atoms. The molecule has 7 nitrogen and oxygen atoms in total. The van der Waals surface area contributed by atoms with Gasteiger partial charge in [0.2, 0.25) is 11.8 Å². The molecule has 2 amide bonds. The van der Waals surface area contributed by atoms with Crippen LogP contribution in [0.25, 0.3) is 0 Å². The van der Waals surface area contributed by atoms with E-state index in [1.54, 1.807) is 41.3 Å². The summed E-state index contributed by atoms with van der Waals surface area (Å²) in [7, 11) is 0. The summed E-state index contributed by atoms with van der Waals surface area (Å²) in [4.78, 5) is 30.4. The summed E-state index contributed by atoms with van der Waals surface area (Å²) in [5, 5.41) is 0. The lowest BCUT2D eigenvalue weighted by molar-refractivity contribution is -0.125. The number of fused-ring (bicyclic) bond motifs is 2. The summed E-state index contributed by atoms with van der Waals surface area (Å²) >= 11 is 0. The summed E-state index contributed by atoms with van der Waals surface area (Å²) in [5.41, 5.74) is 7.68. The number of benzene rings is 2. The molecule has 3 aromatic rings. The van der Waals surface area contributed by atoms with Crippen molar-refractivity contribution in [3.63, 3.8) is 0 Å². The molecule has 2 unspecified atom stereocenters. The molecule has 2 aliphatic rings. The largest absolute Gasteiger partial charge is 0.457 e. The zero-order valence-electron chi connectivity index (χ0n) is 18.4. The molecule has 5 rings (SSSR count). The molecule has 0 radical (unpaired) electrons. The third-order valence-corrected chi connectivity index (χ3v) is 6.08. The molecule has 2 heterocycles. The Morgan fingerprint density at radius 3 is 2.26 bits per heavy atom. The number of hydrogen-bond donors (Lipinski definition) is 1. The Hall–Kier alpha value is -4.39. The standard InChI is InChI=1S/C27H23N3O4/c1-2-25(31)30-16-17-14-18(30)15-23(17)24-13-12-22(26(28)32)27(29-24)34-21-10-8-20(9-11-21)33-19-6-4-3-5-7-19/h2-13,16,18,23H,1,14-15H2,(H2,28,32). The van der Waals surface area contributed by atoms with Crippen LogP contribution in [-0.2, 0) is 4.79 Å². The fourth-order valence-corrected chi connectivity index (χ4v) is 4.45. The van der Waals surface area contributed by atoms with Gasteiger partial charge >= 0.3 is 0 Å². The zero-order chi connectivity index (χ0) is 23.7. The van der Waals surface area contributed by atoms with Gasteiger partial charge in [0.25, 0.3) is 5.91 Å². The van der Waals surface area contributed by atoms with Crippen molar-refractivity contribution in [3.8, 4) is 23.1 Å². The van der Waals surface area contributed by atoms with Gasteiger partial charge in [0.1, 0.15) is 22.8 Å². The Morgan fingerprint density at radius 2 is 1.65 bits per heavy atom. The molecule has 0 saturated heterocycles. The first kappa shape index (κ1) is 21.5. The molecule has 0 spiro atoms. The second-order valence-corrected chi connectivity index (χ2v) is 8.24. The second kappa shape index (κ2) is 8.86. The lowest BCUT2D eigenvalue weighted by Crippen LogP contribution is -2.32. The van der Waals surface area contributed by atoms with Crippen molar-refractivity contribution in [2.24, 2.45) is 5.73 Å². The molecule has 2 N–H and O–H groups in total. The highest BCUT2D eigenvalue weighted by Crippen LogP contribution is 2.46. The van der Waals surface area contributed by atoms with E-state index >= 15 is 0 Å². The van der Waals surface area contributed by atoms with Crippen LogP contribution in [0.4, 0.5) is 0 Å². The number of rotatable bonds is 7. The molecular formula is C27H23N3O4. The third-order valence-electron chi connectivity index (χ3n) is 6.08. The van der Waals surface area contributed by atoms with Crippen LogP contribution in [0, 0.1) is 0 Å². The molecule has 1 fully saturated rings. The van der Waals surface area contributed by atoms with Crippen LogP contribution in [0.5, 0.6) is 23.1 Å². The van der Waals surface area contributed by atoms with Crippen molar-refractivity contribution < 1.29 is 19.1 Å². The number of nitrogens with two attached hydrogens (primary N) is 1. The Balaban J connectivity index is 1.37. The maximum absolute atomic E-state index is 12.0. The van der Waals surface area contributed by atoms with Gasteiger partial charge < -0.3 is 20.1 Å². The molecule has 1 aliphatic carbocycles. The van der Waals surface area contributed by atoms with E-state index in [1.165, 1.54) is 6.08 Å². The van der Waals surface area contributed by atoms with Gasteiger partial charge in [-0.1, -0.05) is 24.8 Å². The van der Waals surface area contributed by atoms with Crippen LogP contribution in [0.3, 0.4) is 0 Å². The van der Waals surface area contributed by atoms with Crippen LogP contribution in [0.1, 0.15) is 34.8 Å². The van der Waals surface area contributed by atoms with E-state index in [-0.39, 0.29) is 29.3 Å². The monoisotopic (exact) mass is 453 g/mol. The number of carbonyl (C=O) groups excluding carboxylic acids is 2. The first-order valence-corrected chi connectivity index (χ1v) is 11.0. The number of primary amides is 1. The second-order valence-electron chi connectivity index (χ2n) is 8.24. The lowest BCUT2D eigenvalue weighted by Gasteiger charge is -2.25. The smallest absolute Gasteiger partial charge is 0.254 e. The predicted molar refractivity (Wildman–Crippen MR) is 127 cm³/mol. The molecule has 7 heteroatoms. The summed E-state index contributed by atoms with van der Waals surface area (Å²) < 4.78 is 11.8. The third kappa shape index (κ3) is 4.15. The zero-order valence-corrected chi connectivity index (χ0v) is 18.4. The Labute approximate surface area is 197 Å². The number of ether oxygens (including phenoxy) is 2. The van der Waals surface area contributed by atoms with E-state index in [4.69, 9.17) is 15.2 Å². The summed E-state index contributed by atoms with van der Waals surface area (Å²) in [6, 6.07) is 20.1. The van der Waals surface area contributed by atoms with Crippen molar-refractivity contribution in [2.45, 2.75) is 24.8 Å². The average molecular weight is 453 g/mol. The molecule has 1 aromatic heterocycles. The van der Waals surface area contributed by atoms with E-state index in [0.29, 0.717) is 11.5 Å². The molecule has 2 bridgehead atoms. The van der Waals surface area contributed by atoms with Crippen molar-refractivity contribution in [2.75, 3.05) is 0 Å². The minimum atomic E-state index is -0.618. The minimum Gasteiger partial charge on any atom is -0.457 e. The highest BCUT2D eigenvalue weighted by atomic mass is 16.5. The Kier molecular flexibility index (Phi) is 5.59. The number of pyridine rings is 1. The number of para-hydroxylation sites is 1. The molecule has 170 valence electrons. The first-order valence-electron chi connectivity index (χ1n) is 11.0. The average Bonchev–Trinajstić information content (AvgIpc) is 3.47. The van der Waals surface area contributed by atoms with Crippen molar-refractivity contribution in [1.29, 1.82) is 0 Å². The maximum atomic E-state index is 12.0. The molecular weight excluding hydrogens is 430 g/mol. The van der Waals surface area contributed by atoms with Crippen LogP contribution in [0.2, 0.25) is 0 Å². The van der Waals surface area contributed by atoms with Crippen LogP contribution in [-0.4, -0.2) is 27.7 Å².